The summed E-state index contributed by atoms with van der Waals surface area (Å²) in [5, 5.41) is 3.50. The third-order valence-electron chi connectivity index (χ3n) is 5.61. The van der Waals surface area contributed by atoms with E-state index in [1.165, 1.54) is 17.0 Å². The smallest absolute Gasteiger partial charge is 0.120 e. The van der Waals surface area contributed by atoms with Crippen molar-refractivity contribution >= 4 is 5.69 Å². The lowest BCUT2D eigenvalue weighted by Crippen LogP contribution is -2.41. The minimum atomic E-state index is 0. The van der Waals surface area contributed by atoms with Gasteiger partial charge in [0.15, 0.2) is 0 Å². The predicted molar refractivity (Wildman–Crippen MR) is 137 cm³/mol. The normalized spacial score (nSPS) is 21.8. The second-order valence-electron chi connectivity index (χ2n) is 7.72. The van der Waals surface area contributed by atoms with Gasteiger partial charge in [0.05, 0.1) is 24.9 Å². The van der Waals surface area contributed by atoms with E-state index >= 15 is 0 Å². The number of nitrogens with one attached hydrogen (secondary N) is 3. The molecule has 4 aliphatic rings. The van der Waals surface area contributed by atoms with Gasteiger partial charge in [-0.3, -0.25) is 0 Å². The summed E-state index contributed by atoms with van der Waals surface area (Å²) in [6, 6.07) is 6.49. The van der Waals surface area contributed by atoms with E-state index in [2.05, 4.69) is 58.3 Å². The van der Waals surface area contributed by atoms with Crippen molar-refractivity contribution < 1.29 is 10.9 Å². The molecule has 1 unspecified atom stereocenters. The Bertz CT molecular complexity index is 772. The van der Waals surface area contributed by atoms with Crippen LogP contribution in [0.5, 0.6) is 5.75 Å². The SMILES string of the molecule is CC.CC.CC.CC1(Oc2ccc3c(c2)C(C2=CCNC(N4CCOCC4)=C2)NN3)CC1.[HH]. The molecule has 1 aromatic rings. The highest BCUT2D eigenvalue weighted by Crippen LogP contribution is 2.42. The summed E-state index contributed by atoms with van der Waals surface area (Å²) in [4.78, 5) is 2.37. The summed E-state index contributed by atoms with van der Waals surface area (Å²) in [6.45, 7) is 18.5. The summed E-state index contributed by atoms with van der Waals surface area (Å²) >= 11 is 0. The van der Waals surface area contributed by atoms with Crippen molar-refractivity contribution in [2.75, 3.05) is 38.3 Å². The van der Waals surface area contributed by atoms with Crippen molar-refractivity contribution in [2.24, 2.45) is 0 Å². The van der Waals surface area contributed by atoms with Crippen molar-refractivity contribution in [3.63, 3.8) is 0 Å². The highest BCUT2D eigenvalue weighted by atomic mass is 16.5. The van der Waals surface area contributed by atoms with Crippen LogP contribution < -0.4 is 20.9 Å². The van der Waals surface area contributed by atoms with Gasteiger partial charge in [-0.15, -0.1) is 0 Å². The number of dihydropyridines is 1. The van der Waals surface area contributed by atoms with E-state index in [9.17, 15) is 0 Å². The molecular formula is C26H46N4O2. The summed E-state index contributed by atoms with van der Waals surface area (Å²) < 4.78 is 11.6. The zero-order chi connectivity index (χ0) is 23.6. The highest BCUT2D eigenvalue weighted by molar-refractivity contribution is 5.61. The van der Waals surface area contributed by atoms with E-state index in [-0.39, 0.29) is 13.1 Å². The highest BCUT2D eigenvalue weighted by Gasteiger charge is 2.40. The number of hydrogen-bond donors (Lipinski definition) is 3. The predicted octanol–water partition coefficient (Wildman–Crippen LogP) is 5.62. The first kappa shape index (κ1) is 26.1. The molecule has 1 aliphatic carbocycles. The number of nitrogens with zero attached hydrogens (tertiary/aromatic N) is 1. The van der Waals surface area contributed by atoms with Crippen LogP contribution in [0.2, 0.25) is 0 Å². The van der Waals surface area contributed by atoms with Crippen LogP contribution in [0, 0.1) is 0 Å². The molecule has 5 rings (SSSR count). The lowest BCUT2D eigenvalue weighted by Gasteiger charge is -2.33. The van der Waals surface area contributed by atoms with E-state index < -0.39 is 0 Å². The number of morpholine rings is 1. The molecule has 0 spiro atoms. The topological polar surface area (TPSA) is 57.8 Å². The van der Waals surface area contributed by atoms with Crippen LogP contribution in [-0.4, -0.2) is 43.3 Å². The number of hydrazine groups is 1. The Kier molecular flexibility index (Phi) is 10.4. The summed E-state index contributed by atoms with van der Waals surface area (Å²) in [5.74, 6) is 2.16. The van der Waals surface area contributed by atoms with Crippen LogP contribution in [0.15, 0.2) is 41.7 Å². The zero-order valence-corrected chi connectivity index (χ0v) is 21.2. The van der Waals surface area contributed by atoms with Gasteiger partial charge in [-0.2, -0.15) is 0 Å². The molecule has 6 nitrogen and oxygen atoms in total. The lowest BCUT2D eigenvalue weighted by molar-refractivity contribution is 0.0504. The summed E-state index contributed by atoms with van der Waals surface area (Å²) in [6.07, 6.45) is 6.81. The second kappa shape index (κ2) is 12.8. The van der Waals surface area contributed by atoms with E-state index in [4.69, 9.17) is 9.47 Å². The van der Waals surface area contributed by atoms with Crippen molar-refractivity contribution in [1.82, 2.24) is 15.6 Å². The Labute approximate surface area is 196 Å². The van der Waals surface area contributed by atoms with E-state index in [0.717, 1.165) is 57.1 Å². The summed E-state index contributed by atoms with van der Waals surface area (Å²) in [7, 11) is 0. The maximum absolute atomic E-state index is 6.17. The van der Waals surface area contributed by atoms with Gasteiger partial charge in [0.2, 0.25) is 0 Å². The number of hydrogen-bond acceptors (Lipinski definition) is 6. The standard InChI is InChI=1S/C20H26N4O2.3C2H6.H2/c1-20(5-6-20)26-15-2-3-17-16(13-15)19(23-22-17)14-4-7-21-18(12-14)24-8-10-25-11-9-24;3*1-2;/h2-4,12-13,19,21-23H,5-11H2,1H3;3*1-2H3;1H. The largest absolute Gasteiger partial charge is 0.488 e. The van der Waals surface area contributed by atoms with Gasteiger partial charge in [-0.05, 0) is 49.6 Å². The number of rotatable bonds is 4. The maximum atomic E-state index is 6.17. The molecule has 3 heterocycles. The Hall–Kier alpha value is -2.18. The number of benzene rings is 1. The maximum Gasteiger partial charge on any atom is 0.120 e. The van der Waals surface area contributed by atoms with Gasteiger partial charge < -0.3 is 25.1 Å². The van der Waals surface area contributed by atoms with Crippen LogP contribution in [0.1, 0.15) is 74.3 Å². The van der Waals surface area contributed by atoms with E-state index in [1.807, 2.05) is 41.5 Å². The van der Waals surface area contributed by atoms with Crippen LogP contribution in [0.4, 0.5) is 5.69 Å². The Balaban J connectivity index is 0.000000723. The molecule has 0 amide bonds. The molecule has 0 bridgehead atoms. The molecule has 3 aliphatic heterocycles. The average molecular weight is 447 g/mol. The average Bonchev–Trinajstić information content (AvgIpc) is 3.45. The quantitative estimate of drug-likeness (QED) is 0.558. The zero-order valence-electron chi connectivity index (χ0n) is 21.2. The molecule has 3 N–H and O–H groups in total. The third kappa shape index (κ3) is 6.42. The van der Waals surface area contributed by atoms with Gasteiger partial charge in [-0.1, -0.05) is 47.6 Å². The molecular weight excluding hydrogens is 400 g/mol. The van der Waals surface area contributed by atoms with Crippen LogP contribution in [0.25, 0.3) is 0 Å². The summed E-state index contributed by atoms with van der Waals surface area (Å²) in [5.41, 5.74) is 10.5. The number of anilines is 1. The van der Waals surface area contributed by atoms with Crippen molar-refractivity contribution in [3.05, 3.63) is 47.3 Å². The minimum Gasteiger partial charge on any atom is -0.488 e. The fourth-order valence-electron chi connectivity index (χ4n) is 3.76. The molecule has 1 aromatic carbocycles. The second-order valence-corrected chi connectivity index (χ2v) is 7.72. The molecule has 6 heteroatoms. The first-order chi connectivity index (χ1) is 15.7. The van der Waals surface area contributed by atoms with Gasteiger partial charge >= 0.3 is 0 Å². The monoisotopic (exact) mass is 446 g/mol. The van der Waals surface area contributed by atoms with Crippen molar-refractivity contribution in [1.29, 1.82) is 0 Å². The number of ether oxygens (including phenoxy) is 2. The van der Waals surface area contributed by atoms with Crippen molar-refractivity contribution in [2.45, 2.75) is 73.0 Å². The van der Waals surface area contributed by atoms with Crippen LogP contribution in [-0.2, 0) is 4.74 Å². The Morgan fingerprint density at radius 3 is 2.41 bits per heavy atom. The fourth-order valence-corrected chi connectivity index (χ4v) is 3.76. The first-order valence-electron chi connectivity index (χ1n) is 12.5. The fraction of sp³-hybridized carbons (Fsp3) is 0.615. The molecule has 1 saturated heterocycles. The Morgan fingerprint density at radius 2 is 1.75 bits per heavy atom. The van der Waals surface area contributed by atoms with Gasteiger partial charge in [-0.25, -0.2) is 5.43 Å². The van der Waals surface area contributed by atoms with E-state index in [0.29, 0.717) is 0 Å². The first-order valence-corrected chi connectivity index (χ1v) is 12.5. The van der Waals surface area contributed by atoms with Crippen LogP contribution in [0.3, 0.4) is 0 Å². The minimum absolute atomic E-state index is 0. The molecule has 1 atom stereocenters. The molecule has 0 aromatic heterocycles. The molecule has 32 heavy (non-hydrogen) atoms. The Morgan fingerprint density at radius 1 is 1.06 bits per heavy atom. The third-order valence-corrected chi connectivity index (χ3v) is 5.61. The molecule has 0 radical (unpaired) electrons. The van der Waals surface area contributed by atoms with Gasteiger partial charge in [0.25, 0.3) is 0 Å². The van der Waals surface area contributed by atoms with Crippen molar-refractivity contribution in [3.8, 4) is 5.75 Å². The molecule has 182 valence electrons. The molecule has 2 fully saturated rings. The molecule has 1 saturated carbocycles. The van der Waals surface area contributed by atoms with Gasteiger partial charge in [0, 0.05) is 26.6 Å². The number of fused-ring (bicyclic) bond motifs is 1. The van der Waals surface area contributed by atoms with E-state index in [1.54, 1.807) is 0 Å². The van der Waals surface area contributed by atoms with Gasteiger partial charge in [0.1, 0.15) is 17.2 Å². The van der Waals surface area contributed by atoms with Crippen LogP contribution >= 0.6 is 0 Å². The lowest BCUT2D eigenvalue weighted by atomic mass is 9.97.